The van der Waals surface area contributed by atoms with Crippen LogP contribution in [0.15, 0.2) is 6.20 Å². The number of hydrogen-bond donors (Lipinski definition) is 2. The predicted molar refractivity (Wildman–Crippen MR) is 45.6 cm³/mol. The van der Waals surface area contributed by atoms with Crippen molar-refractivity contribution in [1.29, 1.82) is 0 Å². The number of aliphatic carboxylic acids is 1. The second-order valence-electron chi connectivity index (χ2n) is 2.79. The van der Waals surface area contributed by atoms with Gasteiger partial charge < -0.3 is 10.0 Å². The summed E-state index contributed by atoms with van der Waals surface area (Å²) in [4.78, 5) is 23.2. The number of carboxylic acid groups (broad SMARTS) is 1. The molecule has 1 aromatic rings. The number of amides is 1. The summed E-state index contributed by atoms with van der Waals surface area (Å²) in [5.41, 5.74) is 0.0978. The van der Waals surface area contributed by atoms with E-state index >= 15 is 0 Å². The summed E-state index contributed by atoms with van der Waals surface area (Å²) in [6.07, 6.45) is 1.24. The average molecular weight is 198 g/mol. The summed E-state index contributed by atoms with van der Waals surface area (Å²) in [6, 6.07) is -0.890. The first-order chi connectivity index (χ1) is 6.54. The van der Waals surface area contributed by atoms with E-state index in [0.29, 0.717) is 0 Å². The highest BCUT2D eigenvalue weighted by Crippen LogP contribution is 2.02. The van der Waals surface area contributed by atoms with Crippen LogP contribution in [0.3, 0.4) is 0 Å². The normalized spacial score (nSPS) is 12.1. The molecule has 0 radical (unpaired) electrons. The third-order valence-corrected chi connectivity index (χ3v) is 1.89. The molecule has 14 heavy (non-hydrogen) atoms. The Morgan fingerprint density at radius 3 is 2.71 bits per heavy atom. The fraction of sp³-hybridized carbons (Fsp3) is 0.429. The third-order valence-electron chi connectivity index (χ3n) is 1.89. The highest BCUT2D eigenvalue weighted by Gasteiger charge is 2.23. The van der Waals surface area contributed by atoms with Crippen molar-refractivity contribution in [3.8, 4) is 0 Å². The molecular weight excluding hydrogens is 188 g/mol. The van der Waals surface area contributed by atoms with Crippen molar-refractivity contribution in [2.75, 3.05) is 7.05 Å². The van der Waals surface area contributed by atoms with Gasteiger partial charge in [-0.3, -0.25) is 4.79 Å². The molecule has 0 aliphatic carbocycles. The van der Waals surface area contributed by atoms with Gasteiger partial charge in [0.05, 0.1) is 6.20 Å². The Hall–Kier alpha value is -1.92. The number of rotatable bonds is 3. The molecular formula is C7H10N4O3. The second kappa shape index (κ2) is 3.86. The van der Waals surface area contributed by atoms with E-state index < -0.39 is 17.9 Å². The van der Waals surface area contributed by atoms with E-state index in [1.54, 1.807) is 0 Å². The molecule has 76 valence electrons. The Labute approximate surface area is 79.7 Å². The first-order valence-electron chi connectivity index (χ1n) is 3.89. The molecule has 1 heterocycles. The van der Waals surface area contributed by atoms with Crippen LogP contribution >= 0.6 is 0 Å². The zero-order chi connectivity index (χ0) is 10.7. The number of nitrogens with zero attached hydrogens (tertiary/aromatic N) is 3. The minimum atomic E-state index is -1.07. The Kier molecular flexibility index (Phi) is 2.80. The van der Waals surface area contributed by atoms with Crippen molar-refractivity contribution in [3.63, 3.8) is 0 Å². The molecule has 1 amide bonds. The molecule has 7 nitrogen and oxygen atoms in total. The highest BCUT2D eigenvalue weighted by atomic mass is 16.4. The van der Waals surface area contributed by atoms with Gasteiger partial charge in [0, 0.05) is 7.05 Å². The molecule has 0 saturated carbocycles. The van der Waals surface area contributed by atoms with Crippen molar-refractivity contribution in [2.45, 2.75) is 13.0 Å². The monoisotopic (exact) mass is 198 g/mol. The number of aromatic amines is 1. The summed E-state index contributed by atoms with van der Waals surface area (Å²) < 4.78 is 0. The number of hydrogen-bond acceptors (Lipinski definition) is 4. The molecule has 1 atom stereocenters. The van der Waals surface area contributed by atoms with Crippen LogP contribution in [0.25, 0.3) is 0 Å². The fourth-order valence-corrected chi connectivity index (χ4v) is 0.827. The van der Waals surface area contributed by atoms with Gasteiger partial charge in [0.1, 0.15) is 6.04 Å². The lowest BCUT2D eigenvalue weighted by Crippen LogP contribution is -2.40. The molecule has 0 bridgehead atoms. The molecule has 7 heteroatoms. The topological polar surface area (TPSA) is 99.2 Å². The standard InChI is InChI=1S/C7H10N4O3/c1-4(7(13)14)11(2)6(12)5-3-8-10-9-5/h3-4H,1-2H3,(H,13,14)(H,8,9,10). The quantitative estimate of drug-likeness (QED) is 0.672. The van der Waals surface area contributed by atoms with Gasteiger partial charge in [-0.2, -0.15) is 15.4 Å². The van der Waals surface area contributed by atoms with Crippen LogP contribution in [0.1, 0.15) is 17.4 Å². The van der Waals surface area contributed by atoms with Gasteiger partial charge >= 0.3 is 5.97 Å². The molecule has 0 fully saturated rings. The van der Waals surface area contributed by atoms with Crippen molar-refractivity contribution in [2.24, 2.45) is 0 Å². The molecule has 0 aromatic carbocycles. The number of nitrogens with one attached hydrogen (secondary N) is 1. The smallest absolute Gasteiger partial charge is 0.326 e. The van der Waals surface area contributed by atoms with Crippen molar-refractivity contribution in [1.82, 2.24) is 20.3 Å². The summed E-state index contributed by atoms with van der Waals surface area (Å²) in [6.45, 7) is 1.42. The molecule has 0 aliphatic heterocycles. The van der Waals surface area contributed by atoms with Gasteiger partial charge in [-0.05, 0) is 6.92 Å². The van der Waals surface area contributed by atoms with Gasteiger partial charge in [0.15, 0.2) is 5.69 Å². The first-order valence-corrected chi connectivity index (χ1v) is 3.89. The number of likely N-dealkylation sites (N-methyl/N-ethyl adjacent to an activating group) is 1. The SMILES string of the molecule is CC(C(=O)O)N(C)C(=O)c1cn[nH]n1. The summed E-state index contributed by atoms with van der Waals surface area (Å²) in [5.74, 6) is -1.54. The van der Waals surface area contributed by atoms with Crippen LogP contribution in [-0.2, 0) is 4.79 Å². The molecule has 0 aliphatic rings. The zero-order valence-electron chi connectivity index (χ0n) is 7.76. The lowest BCUT2D eigenvalue weighted by Gasteiger charge is -2.19. The van der Waals surface area contributed by atoms with E-state index in [1.807, 2.05) is 0 Å². The lowest BCUT2D eigenvalue weighted by atomic mass is 10.3. The Morgan fingerprint density at radius 1 is 1.64 bits per heavy atom. The molecule has 1 unspecified atom stereocenters. The van der Waals surface area contributed by atoms with E-state index in [4.69, 9.17) is 5.11 Å². The van der Waals surface area contributed by atoms with Crippen LogP contribution in [0.2, 0.25) is 0 Å². The van der Waals surface area contributed by atoms with E-state index in [0.717, 1.165) is 4.90 Å². The van der Waals surface area contributed by atoms with Crippen molar-refractivity contribution in [3.05, 3.63) is 11.9 Å². The van der Waals surface area contributed by atoms with E-state index in [1.165, 1.54) is 20.2 Å². The minimum Gasteiger partial charge on any atom is -0.480 e. The van der Waals surface area contributed by atoms with Crippen LogP contribution in [-0.4, -0.2) is 50.4 Å². The number of carbonyl (C=O) groups excluding carboxylic acids is 1. The molecule has 0 spiro atoms. The predicted octanol–water partition coefficient (Wildman–Crippen LogP) is -0.650. The number of aromatic nitrogens is 3. The van der Waals surface area contributed by atoms with Gasteiger partial charge in [-0.25, -0.2) is 4.79 Å². The Bertz CT molecular complexity index is 335. The van der Waals surface area contributed by atoms with Crippen molar-refractivity contribution >= 4 is 11.9 Å². The second-order valence-corrected chi connectivity index (χ2v) is 2.79. The number of carboxylic acids is 1. The van der Waals surface area contributed by atoms with Crippen molar-refractivity contribution < 1.29 is 14.7 Å². The van der Waals surface area contributed by atoms with E-state index in [-0.39, 0.29) is 5.69 Å². The highest BCUT2D eigenvalue weighted by molar-refractivity contribution is 5.94. The largest absolute Gasteiger partial charge is 0.480 e. The summed E-state index contributed by atoms with van der Waals surface area (Å²) in [7, 11) is 1.40. The summed E-state index contributed by atoms with van der Waals surface area (Å²) in [5, 5.41) is 18.0. The molecule has 0 saturated heterocycles. The first kappa shape index (κ1) is 10.2. The van der Waals surface area contributed by atoms with Gasteiger partial charge in [-0.1, -0.05) is 0 Å². The molecule has 1 rings (SSSR count). The van der Waals surface area contributed by atoms with Crippen LogP contribution in [0.4, 0.5) is 0 Å². The zero-order valence-corrected chi connectivity index (χ0v) is 7.76. The van der Waals surface area contributed by atoms with Crippen LogP contribution < -0.4 is 0 Å². The third kappa shape index (κ3) is 1.87. The number of H-pyrrole nitrogens is 1. The van der Waals surface area contributed by atoms with E-state index in [2.05, 4.69) is 15.4 Å². The summed E-state index contributed by atoms with van der Waals surface area (Å²) >= 11 is 0. The number of carbonyl (C=O) groups is 2. The van der Waals surface area contributed by atoms with Crippen LogP contribution in [0.5, 0.6) is 0 Å². The van der Waals surface area contributed by atoms with Gasteiger partial charge in [0.25, 0.3) is 5.91 Å². The Balaban J connectivity index is 2.76. The molecule has 2 N–H and O–H groups in total. The van der Waals surface area contributed by atoms with E-state index in [9.17, 15) is 9.59 Å². The maximum Gasteiger partial charge on any atom is 0.326 e. The average Bonchev–Trinajstić information content (AvgIpc) is 2.67. The maximum atomic E-state index is 11.5. The minimum absolute atomic E-state index is 0.0978. The molecule has 1 aromatic heterocycles. The fourth-order valence-electron chi connectivity index (χ4n) is 0.827. The van der Waals surface area contributed by atoms with Crippen LogP contribution in [0, 0.1) is 0 Å². The maximum absolute atomic E-state index is 11.5. The van der Waals surface area contributed by atoms with Gasteiger partial charge in [0.2, 0.25) is 0 Å². The Morgan fingerprint density at radius 2 is 2.29 bits per heavy atom. The lowest BCUT2D eigenvalue weighted by molar-refractivity contribution is -0.141. The van der Waals surface area contributed by atoms with Gasteiger partial charge in [-0.15, -0.1) is 0 Å².